The monoisotopic (exact) mass is 441 g/mol. The number of hydrogen-bond donors (Lipinski definition) is 1. The lowest BCUT2D eigenvalue weighted by molar-refractivity contribution is 0.0726. The zero-order valence-electron chi connectivity index (χ0n) is 19.6. The predicted octanol–water partition coefficient (Wildman–Crippen LogP) is 6.00. The number of pyridine rings is 1. The summed E-state index contributed by atoms with van der Waals surface area (Å²) in [5.41, 5.74) is 5.49. The molecule has 0 unspecified atom stereocenters. The number of nitrogens with one attached hydrogen (secondary N) is 1. The summed E-state index contributed by atoms with van der Waals surface area (Å²) in [7, 11) is 0. The summed E-state index contributed by atoms with van der Waals surface area (Å²) >= 11 is 0. The first-order valence-electron chi connectivity index (χ1n) is 12.0. The summed E-state index contributed by atoms with van der Waals surface area (Å²) in [5, 5.41) is 3.49. The fraction of sp³-hybridized carbons (Fsp3) is 0.407. The molecule has 1 N–H and O–H groups in total. The quantitative estimate of drug-likeness (QED) is 0.526. The van der Waals surface area contributed by atoms with Gasteiger partial charge in [0.1, 0.15) is 11.5 Å². The van der Waals surface area contributed by atoms with Gasteiger partial charge in [-0.15, -0.1) is 0 Å². The molecule has 0 bridgehead atoms. The topological polar surface area (TPSA) is 71.0 Å². The maximum absolute atomic E-state index is 13.1. The number of carbonyl (C=O) groups is 1. The van der Waals surface area contributed by atoms with Crippen molar-refractivity contribution in [2.75, 3.05) is 5.32 Å². The number of aryl methyl sites for hydroxylation is 1. The minimum Gasteiger partial charge on any atom is -0.340 e. The van der Waals surface area contributed by atoms with Gasteiger partial charge in [-0.3, -0.25) is 9.78 Å². The van der Waals surface area contributed by atoms with Crippen LogP contribution in [0.5, 0.6) is 0 Å². The highest BCUT2D eigenvalue weighted by molar-refractivity contribution is 5.98. The maximum atomic E-state index is 13.1. The molecular formula is C27H31N5O. The van der Waals surface area contributed by atoms with Gasteiger partial charge in [-0.2, -0.15) is 0 Å². The van der Waals surface area contributed by atoms with Crippen LogP contribution >= 0.6 is 0 Å². The largest absolute Gasteiger partial charge is 0.340 e. The number of amides is 1. The second-order valence-corrected chi connectivity index (χ2v) is 9.52. The van der Waals surface area contributed by atoms with Crippen LogP contribution in [0.2, 0.25) is 0 Å². The van der Waals surface area contributed by atoms with E-state index in [1.54, 1.807) is 6.20 Å². The molecule has 1 aliphatic carbocycles. The number of hydrogen-bond acceptors (Lipinski definition) is 5. The zero-order chi connectivity index (χ0) is 22.9. The van der Waals surface area contributed by atoms with Crippen LogP contribution < -0.4 is 5.32 Å². The van der Waals surface area contributed by atoms with E-state index in [1.165, 1.54) is 37.7 Å². The van der Waals surface area contributed by atoms with Crippen molar-refractivity contribution in [3.8, 4) is 11.4 Å². The number of fused-ring (bicyclic) bond motifs is 1. The Labute approximate surface area is 195 Å². The van der Waals surface area contributed by atoms with E-state index in [2.05, 4.69) is 39.6 Å². The first-order chi connectivity index (χ1) is 16.0. The number of rotatable bonds is 5. The summed E-state index contributed by atoms with van der Waals surface area (Å²) in [6.07, 6.45) is 8.34. The van der Waals surface area contributed by atoms with Crippen LogP contribution in [0.1, 0.15) is 79.2 Å². The normalized spacial score (nSPS) is 16.4. The number of anilines is 2. The molecule has 0 saturated heterocycles. The van der Waals surface area contributed by atoms with Crippen LogP contribution in [0.25, 0.3) is 11.4 Å². The number of aromatic nitrogens is 3. The van der Waals surface area contributed by atoms with Gasteiger partial charge in [0.05, 0.1) is 6.54 Å². The molecule has 1 saturated carbocycles. The van der Waals surface area contributed by atoms with E-state index in [0.717, 1.165) is 22.5 Å². The van der Waals surface area contributed by atoms with E-state index in [9.17, 15) is 4.79 Å². The Morgan fingerprint density at radius 3 is 2.48 bits per heavy atom. The van der Waals surface area contributed by atoms with Gasteiger partial charge in [0.25, 0.3) is 5.91 Å². The Morgan fingerprint density at radius 2 is 1.79 bits per heavy atom. The Hall–Kier alpha value is -3.28. The zero-order valence-corrected chi connectivity index (χ0v) is 19.6. The van der Waals surface area contributed by atoms with Crippen molar-refractivity contribution >= 4 is 17.4 Å². The third-order valence-electron chi connectivity index (χ3n) is 6.83. The highest BCUT2D eigenvalue weighted by atomic mass is 16.2. The van der Waals surface area contributed by atoms with Crippen LogP contribution in [-0.4, -0.2) is 31.8 Å². The van der Waals surface area contributed by atoms with Crippen LogP contribution in [0, 0.1) is 6.92 Å². The van der Waals surface area contributed by atoms with Gasteiger partial charge in [-0.25, -0.2) is 9.97 Å². The van der Waals surface area contributed by atoms with Crippen molar-refractivity contribution in [1.82, 2.24) is 19.9 Å². The van der Waals surface area contributed by atoms with E-state index < -0.39 is 0 Å². The molecule has 0 spiro atoms. The van der Waals surface area contributed by atoms with E-state index in [4.69, 9.17) is 4.98 Å². The van der Waals surface area contributed by atoms with Gasteiger partial charge in [0.15, 0.2) is 5.82 Å². The number of benzene rings is 1. The molecule has 3 aromatic rings. The van der Waals surface area contributed by atoms with E-state index >= 15 is 0 Å². The van der Waals surface area contributed by atoms with Crippen molar-refractivity contribution in [3.05, 3.63) is 65.1 Å². The third-order valence-corrected chi connectivity index (χ3v) is 6.83. The summed E-state index contributed by atoms with van der Waals surface area (Å²) in [5.74, 6) is 1.88. The van der Waals surface area contributed by atoms with E-state index in [-0.39, 0.29) is 11.9 Å². The van der Waals surface area contributed by atoms with E-state index in [1.807, 2.05) is 37.8 Å². The molecule has 1 aromatic carbocycles. The highest BCUT2D eigenvalue weighted by Crippen LogP contribution is 2.35. The highest BCUT2D eigenvalue weighted by Gasteiger charge is 2.34. The molecule has 2 aromatic heterocycles. The van der Waals surface area contributed by atoms with Gasteiger partial charge in [0.2, 0.25) is 0 Å². The Bertz CT molecular complexity index is 1170. The fourth-order valence-electron chi connectivity index (χ4n) is 4.93. The summed E-state index contributed by atoms with van der Waals surface area (Å²) in [6, 6.07) is 12.7. The minimum atomic E-state index is -0.0369. The van der Waals surface area contributed by atoms with Crippen molar-refractivity contribution in [1.29, 1.82) is 0 Å². The SMILES string of the molecule is Cc1cc(-c2nc(Nc3ccc(C4CCCCC4)cc3)c3c(n2)C(=O)N(C(C)C)C3)ccn1. The van der Waals surface area contributed by atoms with Crippen molar-refractivity contribution in [3.63, 3.8) is 0 Å². The predicted molar refractivity (Wildman–Crippen MR) is 131 cm³/mol. The van der Waals surface area contributed by atoms with E-state index in [0.29, 0.717) is 29.8 Å². The lowest BCUT2D eigenvalue weighted by atomic mass is 9.84. The minimum absolute atomic E-state index is 0.0369. The average Bonchev–Trinajstić information content (AvgIpc) is 3.17. The molecule has 6 nitrogen and oxygen atoms in total. The van der Waals surface area contributed by atoms with Gasteiger partial charge in [-0.05, 0) is 69.4 Å². The fourth-order valence-corrected chi connectivity index (χ4v) is 4.93. The molecule has 170 valence electrons. The second-order valence-electron chi connectivity index (χ2n) is 9.52. The Balaban J connectivity index is 1.50. The molecule has 2 aliphatic rings. The molecule has 3 heterocycles. The van der Waals surface area contributed by atoms with Crippen LogP contribution in [-0.2, 0) is 6.54 Å². The van der Waals surface area contributed by atoms with Crippen LogP contribution in [0.4, 0.5) is 11.5 Å². The van der Waals surface area contributed by atoms with Crippen LogP contribution in [0.15, 0.2) is 42.6 Å². The molecule has 0 radical (unpaired) electrons. The summed E-state index contributed by atoms with van der Waals surface area (Å²) < 4.78 is 0. The van der Waals surface area contributed by atoms with Gasteiger partial charge >= 0.3 is 0 Å². The third kappa shape index (κ3) is 4.34. The Morgan fingerprint density at radius 1 is 1.03 bits per heavy atom. The molecule has 1 aliphatic heterocycles. The molecule has 0 atom stereocenters. The van der Waals surface area contributed by atoms with Crippen LogP contribution in [0.3, 0.4) is 0 Å². The van der Waals surface area contributed by atoms with Gasteiger partial charge < -0.3 is 10.2 Å². The molecule has 5 rings (SSSR count). The maximum Gasteiger partial charge on any atom is 0.273 e. The second kappa shape index (κ2) is 8.93. The first kappa shape index (κ1) is 21.6. The lowest BCUT2D eigenvalue weighted by Gasteiger charge is -2.22. The summed E-state index contributed by atoms with van der Waals surface area (Å²) in [4.78, 5) is 28.8. The van der Waals surface area contributed by atoms with Crippen molar-refractivity contribution < 1.29 is 4.79 Å². The first-order valence-corrected chi connectivity index (χ1v) is 12.0. The summed E-state index contributed by atoms with van der Waals surface area (Å²) in [6.45, 7) is 6.52. The average molecular weight is 442 g/mol. The smallest absolute Gasteiger partial charge is 0.273 e. The standard InChI is InChI=1S/C27H31N5O/c1-17(2)32-16-23-24(27(32)33)30-25(21-13-14-28-18(3)15-21)31-26(23)29-22-11-9-20(10-12-22)19-7-5-4-6-8-19/h9-15,17,19H,4-8,16H2,1-3H3,(H,29,30,31). The molecule has 1 fully saturated rings. The van der Waals surface area contributed by atoms with Crippen molar-refractivity contribution in [2.45, 2.75) is 71.4 Å². The molecular weight excluding hydrogens is 410 g/mol. The van der Waals surface area contributed by atoms with Gasteiger partial charge in [0, 0.05) is 34.7 Å². The molecule has 1 amide bonds. The molecule has 6 heteroatoms. The number of carbonyl (C=O) groups excluding carboxylic acids is 1. The Kier molecular flexibility index (Phi) is 5.83. The van der Waals surface area contributed by atoms with Gasteiger partial charge in [-0.1, -0.05) is 31.4 Å². The van der Waals surface area contributed by atoms with Crippen molar-refractivity contribution in [2.24, 2.45) is 0 Å². The number of nitrogens with zero attached hydrogens (tertiary/aromatic N) is 4. The lowest BCUT2D eigenvalue weighted by Crippen LogP contribution is -2.31. The molecule has 33 heavy (non-hydrogen) atoms.